The number of piperidine rings is 1. The molecule has 0 amide bonds. The number of hydrogen-bond acceptors (Lipinski definition) is 6. The van der Waals surface area contributed by atoms with Crippen LogP contribution in [-0.2, 0) is 0 Å². The molecule has 3 fully saturated rings. The van der Waals surface area contributed by atoms with Crippen LogP contribution in [0.15, 0.2) is 36.7 Å². The molecule has 2 bridgehead atoms. The van der Waals surface area contributed by atoms with Crippen LogP contribution in [-0.4, -0.2) is 44.4 Å². The van der Waals surface area contributed by atoms with E-state index in [-0.39, 0.29) is 0 Å². The van der Waals surface area contributed by atoms with Gasteiger partial charge in [0, 0.05) is 37.3 Å². The molecule has 0 aliphatic carbocycles. The van der Waals surface area contributed by atoms with E-state index in [0.717, 1.165) is 18.8 Å². The Morgan fingerprint density at radius 3 is 2.46 bits per heavy atom. The fraction of sp³-hybridized carbons (Fsp3) is 0.389. The molecule has 2 aromatic rings. The van der Waals surface area contributed by atoms with Gasteiger partial charge in [0.25, 0.3) is 0 Å². The fourth-order valence-corrected chi connectivity index (χ4v) is 3.38. The maximum absolute atomic E-state index is 5.95. The molecule has 2 atom stereocenters. The molecular formula is C18H21N3O3. The summed E-state index contributed by atoms with van der Waals surface area (Å²) in [5, 5.41) is 3.54. The van der Waals surface area contributed by atoms with Gasteiger partial charge in [-0.2, -0.15) is 0 Å². The molecule has 6 heteroatoms. The largest absolute Gasteiger partial charge is 0.493 e. The molecule has 3 aliphatic heterocycles. The summed E-state index contributed by atoms with van der Waals surface area (Å²) in [7, 11) is 3.23. The van der Waals surface area contributed by atoms with Crippen LogP contribution in [0.3, 0.4) is 0 Å². The first-order valence-electron chi connectivity index (χ1n) is 8.11. The Labute approximate surface area is 141 Å². The standard InChI is InChI=1S/C18H21N3O3/c1-22-17-4-3-15(7-18(17)23-2)24-16-6-14(8-19-9-16)21-10-12-5-13(11-21)20-12/h3-4,6-9,12-13,20H,5,10-11H2,1-2H3. The second-order valence-corrected chi connectivity index (χ2v) is 6.20. The monoisotopic (exact) mass is 327 g/mol. The number of nitrogens with one attached hydrogen (secondary N) is 1. The zero-order valence-electron chi connectivity index (χ0n) is 13.9. The van der Waals surface area contributed by atoms with Gasteiger partial charge in [-0.3, -0.25) is 4.98 Å². The molecule has 4 heterocycles. The number of piperazine rings is 1. The van der Waals surface area contributed by atoms with Crippen molar-refractivity contribution in [3.63, 3.8) is 0 Å². The van der Waals surface area contributed by atoms with Crippen molar-refractivity contribution in [2.45, 2.75) is 18.5 Å². The summed E-state index contributed by atoms with van der Waals surface area (Å²) in [6.45, 7) is 2.05. The van der Waals surface area contributed by atoms with Crippen LogP contribution in [0, 0.1) is 0 Å². The fourth-order valence-electron chi connectivity index (χ4n) is 3.38. The van der Waals surface area contributed by atoms with E-state index >= 15 is 0 Å². The SMILES string of the molecule is COc1ccc(Oc2cncc(N3CC4CC(C3)N4)c2)cc1OC. The van der Waals surface area contributed by atoms with Crippen molar-refractivity contribution in [2.75, 3.05) is 32.2 Å². The molecular weight excluding hydrogens is 306 g/mol. The average molecular weight is 327 g/mol. The van der Waals surface area contributed by atoms with Crippen LogP contribution in [0.2, 0.25) is 0 Å². The van der Waals surface area contributed by atoms with E-state index in [2.05, 4.69) is 15.2 Å². The van der Waals surface area contributed by atoms with Crippen LogP contribution in [0.1, 0.15) is 6.42 Å². The second-order valence-electron chi connectivity index (χ2n) is 6.20. The lowest BCUT2D eigenvalue weighted by molar-refractivity contribution is 0.226. The first-order chi connectivity index (χ1) is 11.7. The number of methoxy groups -OCH3 is 2. The molecule has 1 aromatic heterocycles. The summed E-state index contributed by atoms with van der Waals surface area (Å²) >= 11 is 0. The van der Waals surface area contributed by atoms with Gasteiger partial charge in [0.2, 0.25) is 0 Å². The van der Waals surface area contributed by atoms with Gasteiger partial charge in [-0.05, 0) is 18.6 Å². The highest BCUT2D eigenvalue weighted by molar-refractivity contribution is 5.51. The Morgan fingerprint density at radius 1 is 1.00 bits per heavy atom. The predicted molar refractivity (Wildman–Crippen MR) is 91.4 cm³/mol. The third-order valence-corrected chi connectivity index (χ3v) is 4.58. The van der Waals surface area contributed by atoms with Crippen molar-refractivity contribution in [3.05, 3.63) is 36.7 Å². The number of anilines is 1. The molecule has 6 nitrogen and oxygen atoms in total. The van der Waals surface area contributed by atoms with Crippen molar-refractivity contribution in [2.24, 2.45) is 0 Å². The third-order valence-electron chi connectivity index (χ3n) is 4.58. The molecule has 3 saturated heterocycles. The van der Waals surface area contributed by atoms with Gasteiger partial charge in [-0.1, -0.05) is 0 Å². The molecule has 2 unspecified atom stereocenters. The van der Waals surface area contributed by atoms with Crippen molar-refractivity contribution in [1.29, 1.82) is 0 Å². The molecule has 24 heavy (non-hydrogen) atoms. The zero-order valence-corrected chi connectivity index (χ0v) is 13.9. The number of benzene rings is 1. The van der Waals surface area contributed by atoms with Crippen molar-refractivity contribution in [1.82, 2.24) is 10.3 Å². The molecule has 3 aliphatic rings. The van der Waals surface area contributed by atoms with Crippen molar-refractivity contribution < 1.29 is 14.2 Å². The molecule has 0 radical (unpaired) electrons. The normalized spacial score (nSPS) is 21.8. The van der Waals surface area contributed by atoms with Gasteiger partial charge in [0.1, 0.15) is 11.5 Å². The average Bonchev–Trinajstić information content (AvgIpc) is 2.61. The van der Waals surface area contributed by atoms with Gasteiger partial charge in [-0.15, -0.1) is 0 Å². The highest BCUT2D eigenvalue weighted by Gasteiger charge is 2.36. The van der Waals surface area contributed by atoms with Gasteiger partial charge >= 0.3 is 0 Å². The van der Waals surface area contributed by atoms with E-state index in [1.165, 1.54) is 6.42 Å². The van der Waals surface area contributed by atoms with Crippen LogP contribution in [0.4, 0.5) is 5.69 Å². The van der Waals surface area contributed by atoms with E-state index in [0.29, 0.717) is 35.1 Å². The van der Waals surface area contributed by atoms with Crippen molar-refractivity contribution in [3.8, 4) is 23.0 Å². The summed E-state index contributed by atoms with van der Waals surface area (Å²) in [5.74, 6) is 2.72. The lowest BCUT2D eigenvalue weighted by atomic mass is 9.91. The Morgan fingerprint density at radius 2 is 1.75 bits per heavy atom. The molecule has 0 saturated carbocycles. The molecule has 126 valence electrons. The number of hydrogen-bond donors (Lipinski definition) is 1. The Bertz CT molecular complexity index is 721. The van der Waals surface area contributed by atoms with Crippen LogP contribution >= 0.6 is 0 Å². The van der Waals surface area contributed by atoms with Crippen LogP contribution < -0.4 is 24.4 Å². The molecule has 0 spiro atoms. The van der Waals surface area contributed by atoms with Crippen LogP contribution in [0.5, 0.6) is 23.0 Å². The highest BCUT2D eigenvalue weighted by atomic mass is 16.5. The Balaban J connectivity index is 1.51. The number of pyridine rings is 1. The lowest BCUT2D eigenvalue weighted by Crippen LogP contribution is -2.67. The smallest absolute Gasteiger partial charge is 0.164 e. The quantitative estimate of drug-likeness (QED) is 0.910. The topological polar surface area (TPSA) is 55.9 Å². The van der Waals surface area contributed by atoms with Gasteiger partial charge in [-0.25, -0.2) is 0 Å². The number of nitrogens with zero attached hydrogens (tertiary/aromatic N) is 2. The van der Waals surface area contributed by atoms with Crippen LogP contribution in [0.25, 0.3) is 0 Å². The Hall–Kier alpha value is -2.47. The number of ether oxygens (including phenoxy) is 3. The minimum absolute atomic E-state index is 0.610. The van der Waals surface area contributed by atoms with Crippen molar-refractivity contribution >= 4 is 5.69 Å². The van der Waals surface area contributed by atoms with Gasteiger partial charge in [0.15, 0.2) is 11.5 Å². The molecule has 1 N–H and O–H groups in total. The summed E-state index contributed by atoms with van der Waals surface area (Å²) in [5.41, 5.74) is 1.10. The highest BCUT2D eigenvalue weighted by Crippen LogP contribution is 2.34. The number of rotatable bonds is 5. The molecule has 1 aromatic carbocycles. The molecule has 5 rings (SSSR count). The summed E-state index contributed by atoms with van der Waals surface area (Å²) in [6.07, 6.45) is 4.90. The second kappa shape index (κ2) is 6.20. The predicted octanol–water partition coefficient (Wildman–Crippen LogP) is 2.44. The third kappa shape index (κ3) is 2.85. The van der Waals surface area contributed by atoms with Gasteiger partial charge < -0.3 is 24.4 Å². The maximum Gasteiger partial charge on any atom is 0.164 e. The summed E-state index contributed by atoms with van der Waals surface area (Å²) in [6, 6.07) is 8.75. The van der Waals surface area contributed by atoms with E-state index in [1.54, 1.807) is 20.4 Å². The van der Waals surface area contributed by atoms with Gasteiger partial charge in [0.05, 0.1) is 32.3 Å². The lowest BCUT2D eigenvalue weighted by Gasteiger charge is -2.49. The van der Waals surface area contributed by atoms with E-state index in [1.807, 2.05) is 30.5 Å². The summed E-state index contributed by atoms with van der Waals surface area (Å²) < 4.78 is 16.5. The van der Waals surface area contributed by atoms with E-state index in [9.17, 15) is 0 Å². The first-order valence-corrected chi connectivity index (χ1v) is 8.11. The van der Waals surface area contributed by atoms with E-state index in [4.69, 9.17) is 14.2 Å². The first kappa shape index (κ1) is 15.1. The minimum atomic E-state index is 0.610. The summed E-state index contributed by atoms with van der Waals surface area (Å²) in [4.78, 5) is 6.69. The van der Waals surface area contributed by atoms with E-state index < -0.39 is 0 Å². The minimum Gasteiger partial charge on any atom is -0.493 e. The number of fused-ring (bicyclic) bond motifs is 2. The Kier molecular flexibility index (Phi) is 3.90. The number of aromatic nitrogens is 1. The maximum atomic E-state index is 5.95. The zero-order chi connectivity index (χ0) is 16.5.